The summed E-state index contributed by atoms with van der Waals surface area (Å²) >= 11 is 0. The molecule has 0 aliphatic carbocycles. The van der Waals surface area contributed by atoms with Gasteiger partial charge in [-0.1, -0.05) is 24.3 Å². The molecule has 0 fully saturated rings. The van der Waals surface area contributed by atoms with Crippen LogP contribution in [0.4, 0.5) is 26.3 Å². The van der Waals surface area contributed by atoms with Crippen LogP contribution in [0.1, 0.15) is 47.1 Å². The van der Waals surface area contributed by atoms with Gasteiger partial charge in [-0.3, -0.25) is 0 Å². The molecule has 0 heterocycles. The van der Waals surface area contributed by atoms with E-state index in [-0.39, 0.29) is 88.7 Å². The van der Waals surface area contributed by atoms with Crippen molar-refractivity contribution in [2.24, 2.45) is 0 Å². The van der Waals surface area contributed by atoms with Gasteiger partial charge in [0.25, 0.3) is 0 Å². The van der Waals surface area contributed by atoms with E-state index in [0.717, 1.165) is 0 Å². The molecule has 0 aliphatic heterocycles. The van der Waals surface area contributed by atoms with E-state index in [4.69, 9.17) is 0 Å². The first-order valence-corrected chi connectivity index (χ1v) is 17.1. The molecule has 0 atom stereocenters. The van der Waals surface area contributed by atoms with Crippen molar-refractivity contribution < 1.29 is 164 Å². The first kappa shape index (κ1) is 49.5. The number of aryl methyl sites for hydroxylation is 3. The Balaban J connectivity index is 0. The third-order valence-corrected chi connectivity index (χ3v) is 8.95. The number of hydrogen-bond acceptors (Lipinski definition) is 11. The molecule has 2 rings (SSSR count). The molecule has 0 unspecified atom stereocenters. The van der Waals surface area contributed by atoms with Crippen molar-refractivity contribution >= 4 is 30.4 Å². The van der Waals surface area contributed by atoms with Gasteiger partial charge in [0.15, 0.2) is 0 Å². The zero-order valence-electron chi connectivity index (χ0n) is 25.3. The van der Waals surface area contributed by atoms with Crippen molar-refractivity contribution in [2.45, 2.75) is 56.3 Å². The Labute approximate surface area is 334 Å². The third kappa shape index (κ3) is 14.1. The molecule has 0 radical (unpaired) electrons. The standard InChI is InChI=1S/C24H28F6O11S3.3Na/c25-23(26,27)22(24(28,29)30,18-7-8-20(31)15(12-18)4-1-9-42(33,34)35)19-13-16(5-2-10-43(36,37)38)21(32)17(14-19)6-3-11-44(39,40)41;;;/h7-8,12-14,31-32H,1-6,9-11H2,(H,33,34,35)(H,36,37,38)(H,39,40,41);;;/q;3*+1/p-3. The van der Waals surface area contributed by atoms with Crippen molar-refractivity contribution in [3.05, 3.63) is 58.1 Å². The first-order valence-electron chi connectivity index (χ1n) is 12.4. The van der Waals surface area contributed by atoms with Gasteiger partial charge < -0.3 is 23.9 Å². The fraction of sp³-hybridized carbons (Fsp3) is 0.500. The van der Waals surface area contributed by atoms with Crippen LogP contribution in [0.15, 0.2) is 30.3 Å². The van der Waals surface area contributed by atoms with Crippen LogP contribution in [0, 0.1) is 0 Å². The molecule has 2 N–H and O–H groups in total. The smallest absolute Gasteiger partial charge is 0.748 e. The van der Waals surface area contributed by atoms with E-state index in [1.54, 1.807) is 0 Å². The molecule has 0 spiro atoms. The van der Waals surface area contributed by atoms with Gasteiger partial charge in [0.1, 0.15) is 11.5 Å². The molecular formula is C24H25F6Na3O11S3. The topological polar surface area (TPSA) is 212 Å². The monoisotopic (exact) mass is 768 g/mol. The van der Waals surface area contributed by atoms with Crippen LogP contribution in [0.5, 0.6) is 11.5 Å². The molecule has 47 heavy (non-hydrogen) atoms. The van der Waals surface area contributed by atoms with Gasteiger partial charge >= 0.3 is 101 Å². The van der Waals surface area contributed by atoms with E-state index in [0.29, 0.717) is 30.3 Å². The number of alkyl halides is 6. The maximum Gasteiger partial charge on any atom is 1.00 e. The van der Waals surface area contributed by atoms with Crippen molar-refractivity contribution in [2.75, 3.05) is 17.3 Å². The second-order valence-corrected chi connectivity index (χ2v) is 14.4. The molecule has 23 heteroatoms. The number of rotatable bonds is 14. The Bertz CT molecular complexity index is 1610. The average molecular weight is 769 g/mol. The summed E-state index contributed by atoms with van der Waals surface area (Å²) < 4.78 is 188. The number of phenols is 2. The maximum absolute atomic E-state index is 14.9. The summed E-state index contributed by atoms with van der Waals surface area (Å²) in [7, 11) is -14.6. The van der Waals surface area contributed by atoms with Crippen molar-refractivity contribution in [1.82, 2.24) is 0 Å². The molecule has 11 nitrogen and oxygen atoms in total. The van der Waals surface area contributed by atoms with Crippen LogP contribution < -0.4 is 88.7 Å². The summed E-state index contributed by atoms with van der Waals surface area (Å²) in [5, 5.41) is 20.7. The quantitative estimate of drug-likeness (QED) is 0.105. The third-order valence-electron chi connectivity index (χ3n) is 6.59. The Kier molecular flexibility index (Phi) is 19.7. The molecule has 2 aromatic carbocycles. The Morgan fingerprint density at radius 3 is 1.19 bits per heavy atom. The van der Waals surface area contributed by atoms with Gasteiger partial charge in [-0.15, -0.1) is 0 Å². The molecule has 2 aromatic rings. The maximum atomic E-state index is 14.9. The van der Waals surface area contributed by atoms with Gasteiger partial charge in [-0.25, -0.2) is 25.3 Å². The van der Waals surface area contributed by atoms with Gasteiger partial charge in [0.05, 0.1) is 30.4 Å². The van der Waals surface area contributed by atoms with Crippen LogP contribution in [-0.4, -0.2) is 78.7 Å². The van der Waals surface area contributed by atoms with Gasteiger partial charge in [-0.2, -0.15) is 26.3 Å². The van der Waals surface area contributed by atoms with Crippen molar-refractivity contribution in [1.29, 1.82) is 0 Å². The SMILES string of the molecule is O=S(=O)([O-])CCCc1cc(C(c2cc(CCCS(=O)(=O)[O-])c(O)c(CCCS(=O)(=O)[O-])c2)(C(F)(F)F)C(F)(F)F)ccc1O.[Na+].[Na+].[Na+]. The number of aromatic hydroxyl groups is 2. The van der Waals surface area contributed by atoms with Crippen molar-refractivity contribution in [3.8, 4) is 11.5 Å². The fourth-order valence-corrected chi connectivity index (χ4v) is 6.17. The Hall–Kier alpha value is 0.350. The molecule has 0 saturated heterocycles. The summed E-state index contributed by atoms with van der Waals surface area (Å²) in [6.07, 6.45) is -16.3. The summed E-state index contributed by atoms with van der Waals surface area (Å²) in [4.78, 5) is 0. The average Bonchev–Trinajstić information content (AvgIpc) is 2.79. The second-order valence-electron chi connectivity index (χ2n) is 9.83. The van der Waals surface area contributed by atoms with Crippen LogP contribution in [0.25, 0.3) is 0 Å². The first-order chi connectivity index (χ1) is 19.8. The Morgan fingerprint density at radius 1 is 0.553 bits per heavy atom. The summed E-state index contributed by atoms with van der Waals surface area (Å²) in [6.45, 7) is 0. The van der Waals surface area contributed by atoms with E-state index >= 15 is 0 Å². The van der Waals surface area contributed by atoms with E-state index in [1.165, 1.54) is 0 Å². The molecule has 0 bridgehead atoms. The van der Waals surface area contributed by atoms with Crippen LogP contribution in [0.2, 0.25) is 0 Å². The largest absolute Gasteiger partial charge is 1.00 e. The number of phenolic OH excluding ortho intramolecular Hbond substituents is 2. The Morgan fingerprint density at radius 2 is 0.872 bits per heavy atom. The molecule has 0 aliphatic rings. The molecule has 250 valence electrons. The predicted octanol–water partition coefficient (Wildman–Crippen LogP) is -6.05. The van der Waals surface area contributed by atoms with E-state index in [9.17, 15) is 75.5 Å². The fourth-order valence-electron chi connectivity index (χ4n) is 4.68. The zero-order chi connectivity index (χ0) is 33.9. The second kappa shape index (κ2) is 18.7. The van der Waals surface area contributed by atoms with Gasteiger partial charge in [0, 0.05) is 17.3 Å². The molecule has 0 aromatic heterocycles. The number of benzene rings is 2. The van der Waals surface area contributed by atoms with Gasteiger partial charge in [0.2, 0.25) is 5.41 Å². The van der Waals surface area contributed by atoms with Gasteiger partial charge in [-0.05, 0) is 72.4 Å². The minimum Gasteiger partial charge on any atom is -0.748 e. The predicted molar refractivity (Wildman–Crippen MR) is 138 cm³/mol. The summed E-state index contributed by atoms with van der Waals surface area (Å²) in [6, 6.07) is 1.75. The molecule has 0 saturated carbocycles. The van der Waals surface area contributed by atoms with E-state index in [2.05, 4.69) is 0 Å². The van der Waals surface area contributed by atoms with E-state index < -0.39 is 143 Å². The summed E-state index contributed by atoms with van der Waals surface area (Å²) in [5.41, 5.74) is -9.84. The number of halogens is 6. The van der Waals surface area contributed by atoms with Crippen LogP contribution >= 0.6 is 0 Å². The minimum atomic E-state index is -6.21. The normalized spacial score (nSPS) is 12.9. The van der Waals surface area contributed by atoms with Crippen LogP contribution in [0.3, 0.4) is 0 Å². The number of hydrogen-bond donors (Lipinski definition) is 2. The molecule has 0 amide bonds. The zero-order valence-corrected chi connectivity index (χ0v) is 33.8. The van der Waals surface area contributed by atoms with Crippen molar-refractivity contribution in [3.63, 3.8) is 0 Å². The minimum absolute atomic E-state index is 0. The van der Waals surface area contributed by atoms with Crippen LogP contribution in [-0.2, 0) is 55.0 Å². The van der Waals surface area contributed by atoms with E-state index in [1.807, 2.05) is 0 Å². The molecular weight excluding hydrogens is 743 g/mol. The summed E-state index contributed by atoms with van der Waals surface area (Å²) in [5.74, 6) is -4.94.